The molecule has 0 radical (unpaired) electrons. The average Bonchev–Trinajstić information content (AvgIpc) is 2.35. The van der Waals surface area contributed by atoms with Crippen LogP contribution < -0.4 is 0 Å². The van der Waals surface area contributed by atoms with E-state index in [4.69, 9.17) is 0 Å². The van der Waals surface area contributed by atoms with Crippen molar-refractivity contribution < 1.29 is 14.4 Å². The highest BCUT2D eigenvalue weighted by Gasteiger charge is 2.56. The van der Waals surface area contributed by atoms with E-state index in [1.165, 1.54) is 14.1 Å². The number of hydrogen-bond donors (Lipinski definition) is 0. The van der Waals surface area contributed by atoms with Gasteiger partial charge in [0.25, 0.3) is 0 Å². The molecule has 5 nitrogen and oxygen atoms in total. The Labute approximate surface area is 102 Å². The molecule has 4 amide bonds. The van der Waals surface area contributed by atoms with Crippen molar-refractivity contribution in [2.45, 2.75) is 33.6 Å². The van der Waals surface area contributed by atoms with Gasteiger partial charge in [0.2, 0.25) is 11.8 Å². The van der Waals surface area contributed by atoms with E-state index >= 15 is 0 Å². The molecule has 0 aromatic carbocycles. The van der Waals surface area contributed by atoms with E-state index in [-0.39, 0.29) is 17.7 Å². The first-order chi connectivity index (χ1) is 7.84. The van der Waals surface area contributed by atoms with Crippen LogP contribution in [0.5, 0.6) is 0 Å². The number of rotatable bonds is 3. The molecule has 0 saturated carbocycles. The number of amides is 4. The molecule has 1 fully saturated rings. The summed E-state index contributed by atoms with van der Waals surface area (Å²) >= 11 is 0. The molecule has 1 heterocycles. The van der Waals surface area contributed by atoms with Crippen molar-refractivity contribution in [1.29, 1.82) is 0 Å². The summed E-state index contributed by atoms with van der Waals surface area (Å²) in [4.78, 5) is 38.4. The zero-order chi connectivity index (χ0) is 13.4. The average molecular weight is 240 g/mol. The number of nitrogens with zero attached hydrogens (tertiary/aromatic N) is 2. The molecular formula is C12H20N2O3. The van der Waals surface area contributed by atoms with E-state index in [0.717, 1.165) is 16.2 Å². The molecule has 0 aliphatic carbocycles. The molecule has 1 rings (SSSR count). The van der Waals surface area contributed by atoms with Crippen LogP contribution in [0.4, 0.5) is 4.79 Å². The molecule has 0 aromatic rings. The van der Waals surface area contributed by atoms with Crippen LogP contribution in [-0.4, -0.2) is 41.7 Å². The Kier molecular flexibility index (Phi) is 3.59. The summed E-state index contributed by atoms with van der Waals surface area (Å²) in [7, 11) is 2.86. The molecule has 1 aliphatic rings. The molecule has 1 aliphatic heterocycles. The Hall–Kier alpha value is -1.39. The first-order valence-electron chi connectivity index (χ1n) is 5.94. The highest BCUT2D eigenvalue weighted by Crippen LogP contribution is 2.40. The maximum atomic E-state index is 12.3. The number of carbonyl (C=O) groups excluding carboxylic acids is 3. The molecule has 1 saturated heterocycles. The summed E-state index contributed by atoms with van der Waals surface area (Å²) < 4.78 is 0. The number of barbiturate groups is 1. The van der Waals surface area contributed by atoms with Gasteiger partial charge in [0, 0.05) is 14.1 Å². The number of hydrogen-bond acceptors (Lipinski definition) is 3. The Morgan fingerprint density at radius 1 is 1.06 bits per heavy atom. The molecule has 96 valence electrons. The van der Waals surface area contributed by atoms with Gasteiger partial charge in [-0.2, -0.15) is 0 Å². The second kappa shape index (κ2) is 4.47. The van der Waals surface area contributed by atoms with E-state index in [1.807, 2.05) is 20.8 Å². The SMILES string of the molecule is CCC(C)C1(CC)C(=O)N(C)C(=O)N(C)C1=O. The minimum absolute atomic E-state index is 0.0782. The lowest BCUT2D eigenvalue weighted by Crippen LogP contribution is -2.64. The third-order valence-electron chi connectivity index (χ3n) is 3.96. The highest BCUT2D eigenvalue weighted by molar-refractivity contribution is 6.18. The van der Waals surface area contributed by atoms with E-state index < -0.39 is 11.4 Å². The summed E-state index contributed by atoms with van der Waals surface area (Å²) in [6.45, 7) is 5.65. The first-order valence-corrected chi connectivity index (χ1v) is 5.94. The second-order valence-corrected chi connectivity index (χ2v) is 4.65. The molecule has 17 heavy (non-hydrogen) atoms. The van der Waals surface area contributed by atoms with Crippen molar-refractivity contribution in [3.8, 4) is 0 Å². The van der Waals surface area contributed by atoms with Crippen molar-refractivity contribution in [3.05, 3.63) is 0 Å². The molecule has 0 bridgehead atoms. The normalized spacial score (nSPS) is 22.1. The largest absolute Gasteiger partial charge is 0.332 e. The second-order valence-electron chi connectivity index (χ2n) is 4.65. The fraction of sp³-hybridized carbons (Fsp3) is 0.750. The number of imide groups is 2. The minimum atomic E-state index is -1.08. The Morgan fingerprint density at radius 3 is 1.76 bits per heavy atom. The molecule has 0 N–H and O–H groups in total. The van der Waals surface area contributed by atoms with Gasteiger partial charge in [0.15, 0.2) is 0 Å². The molecule has 0 aromatic heterocycles. The molecular weight excluding hydrogens is 220 g/mol. The summed E-state index contributed by atoms with van der Waals surface area (Å²) in [6, 6.07) is -0.549. The quantitative estimate of drug-likeness (QED) is 0.702. The van der Waals surface area contributed by atoms with Crippen LogP contribution in [0.3, 0.4) is 0 Å². The van der Waals surface area contributed by atoms with Crippen LogP contribution in [-0.2, 0) is 9.59 Å². The lowest BCUT2D eigenvalue weighted by atomic mass is 9.69. The van der Waals surface area contributed by atoms with Gasteiger partial charge in [-0.05, 0) is 12.3 Å². The number of urea groups is 1. The Balaban J connectivity index is 3.32. The predicted molar refractivity (Wildman–Crippen MR) is 63.1 cm³/mol. The van der Waals surface area contributed by atoms with E-state index in [9.17, 15) is 14.4 Å². The Bertz CT molecular complexity index is 341. The maximum Gasteiger partial charge on any atom is 0.332 e. The standard InChI is InChI=1S/C12H20N2O3/c1-6-8(3)12(7-2)9(15)13(4)11(17)14(5)10(12)16/h8H,6-7H2,1-5H3. The lowest BCUT2D eigenvalue weighted by Gasteiger charge is -2.44. The van der Waals surface area contributed by atoms with Gasteiger partial charge in [-0.1, -0.05) is 27.2 Å². The van der Waals surface area contributed by atoms with E-state index in [1.54, 1.807) is 0 Å². The fourth-order valence-electron chi connectivity index (χ4n) is 2.51. The van der Waals surface area contributed by atoms with Gasteiger partial charge in [0.05, 0.1) is 0 Å². The van der Waals surface area contributed by atoms with Crippen LogP contribution in [0.1, 0.15) is 33.6 Å². The van der Waals surface area contributed by atoms with E-state index in [2.05, 4.69) is 0 Å². The van der Waals surface area contributed by atoms with Crippen LogP contribution >= 0.6 is 0 Å². The summed E-state index contributed by atoms with van der Waals surface area (Å²) in [6.07, 6.45) is 1.14. The molecule has 5 heteroatoms. The molecule has 0 spiro atoms. The van der Waals surface area contributed by atoms with Gasteiger partial charge in [-0.25, -0.2) is 4.79 Å². The van der Waals surface area contributed by atoms with Crippen molar-refractivity contribution >= 4 is 17.8 Å². The fourth-order valence-corrected chi connectivity index (χ4v) is 2.51. The zero-order valence-corrected chi connectivity index (χ0v) is 11.1. The highest BCUT2D eigenvalue weighted by atomic mass is 16.2. The van der Waals surface area contributed by atoms with Crippen LogP contribution in [0.15, 0.2) is 0 Å². The van der Waals surface area contributed by atoms with Crippen LogP contribution in [0.2, 0.25) is 0 Å². The number of carbonyl (C=O) groups is 3. The zero-order valence-electron chi connectivity index (χ0n) is 11.1. The van der Waals surface area contributed by atoms with Gasteiger partial charge in [-0.15, -0.1) is 0 Å². The molecule has 1 atom stereocenters. The monoisotopic (exact) mass is 240 g/mol. The summed E-state index contributed by atoms with van der Waals surface area (Å²) in [5.74, 6) is -0.824. The topological polar surface area (TPSA) is 57.7 Å². The van der Waals surface area contributed by atoms with Crippen molar-refractivity contribution in [3.63, 3.8) is 0 Å². The third-order valence-corrected chi connectivity index (χ3v) is 3.96. The molecule has 1 unspecified atom stereocenters. The van der Waals surface area contributed by atoms with Gasteiger partial charge >= 0.3 is 6.03 Å². The first kappa shape index (κ1) is 13.7. The van der Waals surface area contributed by atoms with Crippen molar-refractivity contribution in [2.24, 2.45) is 11.3 Å². The van der Waals surface area contributed by atoms with Crippen LogP contribution in [0.25, 0.3) is 0 Å². The van der Waals surface area contributed by atoms with Crippen molar-refractivity contribution in [2.75, 3.05) is 14.1 Å². The maximum absolute atomic E-state index is 12.3. The predicted octanol–water partition coefficient (Wildman–Crippen LogP) is 1.48. The van der Waals surface area contributed by atoms with Crippen molar-refractivity contribution in [1.82, 2.24) is 9.80 Å². The summed E-state index contributed by atoms with van der Waals surface area (Å²) in [5, 5.41) is 0. The minimum Gasteiger partial charge on any atom is -0.273 e. The van der Waals surface area contributed by atoms with Gasteiger partial charge in [0.1, 0.15) is 5.41 Å². The van der Waals surface area contributed by atoms with Gasteiger partial charge in [-0.3, -0.25) is 19.4 Å². The summed E-state index contributed by atoms with van der Waals surface area (Å²) in [5.41, 5.74) is -1.08. The smallest absolute Gasteiger partial charge is 0.273 e. The third kappa shape index (κ3) is 1.64. The van der Waals surface area contributed by atoms with Gasteiger partial charge < -0.3 is 0 Å². The lowest BCUT2D eigenvalue weighted by molar-refractivity contribution is -0.161. The van der Waals surface area contributed by atoms with Crippen LogP contribution in [0, 0.1) is 11.3 Å². The van der Waals surface area contributed by atoms with E-state index in [0.29, 0.717) is 6.42 Å². The Morgan fingerprint density at radius 2 is 1.47 bits per heavy atom.